The van der Waals surface area contributed by atoms with Crippen molar-refractivity contribution in [2.45, 2.75) is 13.5 Å². The van der Waals surface area contributed by atoms with E-state index in [0.29, 0.717) is 23.2 Å². The fraction of sp³-hybridized carbons (Fsp3) is 0.400. The fourth-order valence-corrected chi connectivity index (χ4v) is 1.53. The molecule has 0 bridgehead atoms. The lowest BCUT2D eigenvalue weighted by atomic mass is 10.2. The Kier molecular flexibility index (Phi) is 4.52. The van der Waals surface area contributed by atoms with E-state index in [9.17, 15) is 0 Å². The molecule has 0 aliphatic heterocycles. The second-order valence-corrected chi connectivity index (χ2v) is 3.65. The van der Waals surface area contributed by atoms with Crippen molar-refractivity contribution >= 4 is 23.2 Å². The number of hydrogen-bond donors (Lipinski definition) is 1. The van der Waals surface area contributed by atoms with Crippen molar-refractivity contribution in [2.24, 2.45) is 0 Å². The average Bonchev–Trinajstić information content (AvgIpc) is 2.14. The van der Waals surface area contributed by atoms with Crippen LogP contribution in [-0.2, 0) is 6.54 Å². The van der Waals surface area contributed by atoms with Crippen LogP contribution < -0.4 is 10.1 Å². The molecule has 14 heavy (non-hydrogen) atoms. The Balaban J connectivity index is 3.03. The number of nitrogens with one attached hydrogen (secondary N) is 1. The van der Waals surface area contributed by atoms with Crippen LogP contribution >= 0.6 is 23.2 Å². The second-order valence-electron chi connectivity index (χ2n) is 2.84. The summed E-state index contributed by atoms with van der Waals surface area (Å²) in [6, 6.07) is 3.57. The predicted molar refractivity (Wildman–Crippen MR) is 60.4 cm³/mol. The van der Waals surface area contributed by atoms with Gasteiger partial charge in [-0.1, -0.05) is 23.2 Å². The lowest BCUT2D eigenvalue weighted by molar-refractivity contribution is 0.336. The van der Waals surface area contributed by atoms with E-state index in [1.165, 1.54) is 0 Å². The van der Waals surface area contributed by atoms with E-state index in [0.717, 1.165) is 11.3 Å². The first-order chi connectivity index (χ1) is 6.69. The van der Waals surface area contributed by atoms with E-state index in [1.54, 1.807) is 6.07 Å². The van der Waals surface area contributed by atoms with Crippen molar-refractivity contribution in [3.05, 3.63) is 27.7 Å². The van der Waals surface area contributed by atoms with Crippen molar-refractivity contribution in [3.8, 4) is 5.75 Å². The van der Waals surface area contributed by atoms with E-state index >= 15 is 0 Å². The Morgan fingerprint density at radius 2 is 1.93 bits per heavy atom. The van der Waals surface area contributed by atoms with Crippen LogP contribution in [0.4, 0.5) is 0 Å². The van der Waals surface area contributed by atoms with E-state index in [2.05, 4.69) is 5.32 Å². The van der Waals surface area contributed by atoms with Crippen molar-refractivity contribution in [1.29, 1.82) is 0 Å². The summed E-state index contributed by atoms with van der Waals surface area (Å²) in [6.07, 6.45) is 0. The first kappa shape index (κ1) is 11.6. The van der Waals surface area contributed by atoms with Crippen molar-refractivity contribution < 1.29 is 4.74 Å². The summed E-state index contributed by atoms with van der Waals surface area (Å²) >= 11 is 11.8. The molecule has 78 valence electrons. The molecule has 0 aliphatic rings. The van der Waals surface area contributed by atoms with Gasteiger partial charge in [0.25, 0.3) is 0 Å². The molecule has 0 unspecified atom stereocenters. The topological polar surface area (TPSA) is 21.3 Å². The van der Waals surface area contributed by atoms with Gasteiger partial charge in [-0.25, -0.2) is 0 Å². The molecule has 1 aromatic rings. The fourth-order valence-electron chi connectivity index (χ4n) is 1.19. The first-order valence-corrected chi connectivity index (χ1v) is 5.20. The van der Waals surface area contributed by atoms with Crippen molar-refractivity contribution in [1.82, 2.24) is 5.32 Å². The third-order valence-electron chi connectivity index (χ3n) is 1.77. The third kappa shape index (κ3) is 2.77. The number of ether oxygens (including phenoxy) is 1. The summed E-state index contributed by atoms with van der Waals surface area (Å²) in [5, 5.41) is 4.13. The zero-order chi connectivity index (χ0) is 10.6. The van der Waals surface area contributed by atoms with Gasteiger partial charge in [-0.2, -0.15) is 0 Å². The van der Waals surface area contributed by atoms with Crippen LogP contribution in [0.25, 0.3) is 0 Å². The summed E-state index contributed by atoms with van der Waals surface area (Å²) in [5.41, 5.74) is 1.02. The largest absolute Gasteiger partial charge is 0.493 e. The molecule has 0 spiro atoms. The summed E-state index contributed by atoms with van der Waals surface area (Å²) in [7, 11) is 1.87. The maximum Gasteiger partial charge on any atom is 0.125 e. The standard InChI is InChI=1S/C10H13Cl2NO/c1-3-14-10-5-9(12)8(11)4-7(10)6-13-2/h4-5,13H,3,6H2,1-2H3. The predicted octanol–water partition coefficient (Wildman–Crippen LogP) is 3.11. The van der Waals surface area contributed by atoms with Crippen LogP contribution in [0, 0.1) is 0 Å². The molecule has 0 heterocycles. The Morgan fingerprint density at radius 3 is 2.50 bits per heavy atom. The molecular weight excluding hydrogens is 221 g/mol. The highest BCUT2D eigenvalue weighted by Gasteiger charge is 2.07. The number of benzene rings is 1. The lowest BCUT2D eigenvalue weighted by Gasteiger charge is -2.11. The van der Waals surface area contributed by atoms with Crippen LogP contribution in [0.15, 0.2) is 12.1 Å². The minimum absolute atomic E-state index is 0.523. The zero-order valence-electron chi connectivity index (χ0n) is 8.23. The van der Waals surface area contributed by atoms with Gasteiger partial charge in [0.1, 0.15) is 5.75 Å². The monoisotopic (exact) mass is 233 g/mol. The van der Waals surface area contributed by atoms with Crippen LogP contribution in [0.5, 0.6) is 5.75 Å². The SMILES string of the molecule is CCOc1cc(Cl)c(Cl)cc1CNC. The number of hydrogen-bond acceptors (Lipinski definition) is 2. The van der Waals surface area contributed by atoms with Gasteiger partial charge in [-0.05, 0) is 20.0 Å². The van der Waals surface area contributed by atoms with Crippen molar-refractivity contribution in [2.75, 3.05) is 13.7 Å². The Bertz CT molecular complexity index is 284. The van der Waals surface area contributed by atoms with Gasteiger partial charge >= 0.3 is 0 Å². The first-order valence-electron chi connectivity index (χ1n) is 4.44. The molecule has 4 heteroatoms. The van der Waals surface area contributed by atoms with E-state index in [1.807, 2.05) is 20.0 Å². The molecule has 0 atom stereocenters. The lowest BCUT2D eigenvalue weighted by Crippen LogP contribution is -2.07. The average molecular weight is 234 g/mol. The molecule has 0 radical (unpaired) electrons. The Morgan fingerprint density at radius 1 is 1.29 bits per heavy atom. The minimum Gasteiger partial charge on any atom is -0.493 e. The van der Waals surface area contributed by atoms with Crippen LogP contribution in [0.2, 0.25) is 10.0 Å². The molecule has 1 rings (SSSR count). The smallest absolute Gasteiger partial charge is 0.125 e. The summed E-state index contributed by atoms with van der Waals surface area (Å²) in [4.78, 5) is 0. The summed E-state index contributed by atoms with van der Waals surface area (Å²) < 4.78 is 5.44. The molecule has 0 aliphatic carbocycles. The van der Waals surface area contributed by atoms with Gasteiger partial charge in [-0.15, -0.1) is 0 Å². The highest BCUT2D eigenvalue weighted by atomic mass is 35.5. The number of halogens is 2. The van der Waals surface area contributed by atoms with Gasteiger partial charge < -0.3 is 10.1 Å². The zero-order valence-corrected chi connectivity index (χ0v) is 9.74. The highest BCUT2D eigenvalue weighted by molar-refractivity contribution is 6.42. The van der Waals surface area contributed by atoms with Gasteiger partial charge in [-0.3, -0.25) is 0 Å². The van der Waals surface area contributed by atoms with E-state index in [-0.39, 0.29) is 0 Å². The molecule has 0 fully saturated rings. The molecule has 2 nitrogen and oxygen atoms in total. The molecule has 0 saturated carbocycles. The van der Waals surface area contributed by atoms with Crippen LogP contribution in [-0.4, -0.2) is 13.7 Å². The molecule has 1 N–H and O–H groups in total. The summed E-state index contributed by atoms with van der Waals surface area (Å²) in [6.45, 7) is 3.27. The molecule has 1 aromatic carbocycles. The summed E-state index contributed by atoms with van der Waals surface area (Å²) in [5.74, 6) is 0.788. The maximum absolute atomic E-state index is 5.91. The Labute approximate surface area is 94.2 Å². The molecule has 0 amide bonds. The molecule has 0 saturated heterocycles. The minimum atomic E-state index is 0.523. The number of rotatable bonds is 4. The Hall–Kier alpha value is -0.440. The quantitative estimate of drug-likeness (QED) is 0.864. The highest BCUT2D eigenvalue weighted by Crippen LogP contribution is 2.30. The molecular formula is C10H13Cl2NO. The van der Waals surface area contributed by atoms with Gasteiger partial charge in [0.15, 0.2) is 0 Å². The molecule has 0 aromatic heterocycles. The van der Waals surface area contributed by atoms with E-state index in [4.69, 9.17) is 27.9 Å². The maximum atomic E-state index is 5.91. The van der Waals surface area contributed by atoms with Gasteiger partial charge in [0.2, 0.25) is 0 Å². The third-order valence-corrected chi connectivity index (χ3v) is 2.49. The van der Waals surface area contributed by atoms with Gasteiger partial charge in [0.05, 0.1) is 16.7 Å². The van der Waals surface area contributed by atoms with Gasteiger partial charge in [0, 0.05) is 18.2 Å². The normalized spacial score (nSPS) is 10.3. The van der Waals surface area contributed by atoms with Crippen LogP contribution in [0.3, 0.4) is 0 Å². The van der Waals surface area contributed by atoms with E-state index < -0.39 is 0 Å². The van der Waals surface area contributed by atoms with Crippen molar-refractivity contribution in [3.63, 3.8) is 0 Å². The second kappa shape index (κ2) is 5.44. The van der Waals surface area contributed by atoms with Crippen LogP contribution in [0.1, 0.15) is 12.5 Å².